The van der Waals surface area contributed by atoms with Crippen LogP contribution in [0, 0.1) is 5.82 Å². The van der Waals surface area contributed by atoms with Crippen LogP contribution in [0.3, 0.4) is 0 Å². The summed E-state index contributed by atoms with van der Waals surface area (Å²) in [5.74, 6) is -0.136. The van der Waals surface area contributed by atoms with Crippen molar-refractivity contribution in [1.29, 1.82) is 0 Å². The Kier molecular flexibility index (Phi) is 4.32. The minimum Gasteiger partial charge on any atom is -0.313 e. The normalized spacial score (nSPS) is 15.0. The van der Waals surface area contributed by atoms with Gasteiger partial charge in [-0.15, -0.1) is 0 Å². The number of hydrogen-bond acceptors (Lipinski definition) is 2. The van der Waals surface area contributed by atoms with E-state index in [4.69, 9.17) is 0 Å². The van der Waals surface area contributed by atoms with Crippen LogP contribution in [0.2, 0.25) is 0 Å². The van der Waals surface area contributed by atoms with Gasteiger partial charge in [0.2, 0.25) is 0 Å². The van der Waals surface area contributed by atoms with E-state index in [1.54, 1.807) is 17.8 Å². The maximum atomic E-state index is 14.2. The molecule has 1 aliphatic carbocycles. The van der Waals surface area contributed by atoms with E-state index < -0.39 is 0 Å². The van der Waals surface area contributed by atoms with E-state index in [9.17, 15) is 4.39 Å². The summed E-state index contributed by atoms with van der Waals surface area (Å²) in [6, 6.07) is 12.0. The van der Waals surface area contributed by atoms with Gasteiger partial charge in [0.15, 0.2) is 0 Å². The van der Waals surface area contributed by atoms with Crippen LogP contribution in [-0.2, 0) is 12.8 Å². The van der Waals surface area contributed by atoms with Gasteiger partial charge in [-0.3, -0.25) is 0 Å². The van der Waals surface area contributed by atoms with Crippen molar-refractivity contribution >= 4 is 11.8 Å². The summed E-state index contributed by atoms with van der Waals surface area (Å²) >= 11 is 1.66. The molecule has 1 unspecified atom stereocenters. The van der Waals surface area contributed by atoms with Crippen LogP contribution in [0.25, 0.3) is 0 Å². The van der Waals surface area contributed by atoms with Crippen molar-refractivity contribution in [2.75, 3.05) is 7.05 Å². The van der Waals surface area contributed by atoms with Gasteiger partial charge in [0.05, 0.1) is 0 Å². The zero-order valence-electron chi connectivity index (χ0n) is 12.4. The number of rotatable bonds is 4. The second kappa shape index (κ2) is 6.20. The maximum Gasteiger partial charge on any atom is 0.129 e. The summed E-state index contributed by atoms with van der Waals surface area (Å²) in [7, 11) is 1.86. The van der Waals surface area contributed by atoms with Crippen LogP contribution in [0.15, 0.2) is 46.2 Å². The monoisotopic (exact) mass is 301 g/mol. The first kappa shape index (κ1) is 14.6. The lowest BCUT2D eigenvalue weighted by molar-refractivity contribution is 0.552. The fourth-order valence-corrected chi connectivity index (χ4v) is 4.03. The lowest BCUT2D eigenvalue weighted by atomic mass is 10.1. The third-order valence-electron chi connectivity index (χ3n) is 4.18. The topological polar surface area (TPSA) is 12.0 Å². The van der Waals surface area contributed by atoms with Gasteiger partial charge < -0.3 is 5.32 Å². The molecule has 0 radical (unpaired) electrons. The van der Waals surface area contributed by atoms with Crippen molar-refractivity contribution in [2.45, 2.75) is 42.0 Å². The van der Waals surface area contributed by atoms with Gasteiger partial charge >= 0.3 is 0 Å². The van der Waals surface area contributed by atoms with Crippen molar-refractivity contribution in [1.82, 2.24) is 5.32 Å². The molecule has 2 aromatic carbocycles. The van der Waals surface area contributed by atoms with Crippen molar-refractivity contribution in [3.05, 3.63) is 58.9 Å². The van der Waals surface area contributed by atoms with Crippen LogP contribution in [0.5, 0.6) is 0 Å². The fraction of sp³-hybridized carbons (Fsp3) is 0.333. The SMILES string of the molecule is CNC(C)c1c(F)cccc1Sc1ccc2c(c1)CCC2. The highest BCUT2D eigenvalue weighted by Crippen LogP contribution is 2.36. The third-order valence-corrected chi connectivity index (χ3v) is 5.24. The minimum atomic E-state index is -0.136. The quantitative estimate of drug-likeness (QED) is 0.875. The minimum absolute atomic E-state index is 0.00290. The highest BCUT2D eigenvalue weighted by Gasteiger charge is 2.16. The van der Waals surface area contributed by atoms with Gasteiger partial charge in [-0.2, -0.15) is 0 Å². The lowest BCUT2D eigenvalue weighted by Crippen LogP contribution is -2.14. The summed E-state index contributed by atoms with van der Waals surface area (Å²) in [6.07, 6.45) is 3.63. The molecule has 21 heavy (non-hydrogen) atoms. The molecule has 1 atom stereocenters. The largest absolute Gasteiger partial charge is 0.313 e. The van der Waals surface area contributed by atoms with Crippen molar-refractivity contribution in [2.24, 2.45) is 0 Å². The maximum absolute atomic E-state index is 14.2. The van der Waals surface area contributed by atoms with Gasteiger partial charge in [0, 0.05) is 21.4 Å². The summed E-state index contributed by atoms with van der Waals surface area (Å²) in [4.78, 5) is 2.20. The molecule has 1 nitrogen and oxygen atoms in total. The first-order chi connectivity index (χ1) is 10.2. The molecule has 0 amide bonds. The predicted octanol–water partition coefficient (Wildman–Crippen LogP) is 4.75. The molecule has 0 aliphatic heterocycles. The highest BCUT2D eigenvalue weighted by molar-refractivity contribution is 7.99. The average Bonchev–Trinajstić information content (AvgIpc) is 2.94. The van der Waals surface area contributed by atoms with Crippen molar-refractivity contribution in [3.8, 4) is 0 Å². The van der Waals surface area contributed by atoms with E-state index in [0.29, 0.717) is 0 Å². The molecular formula is C18H20FNS. The first-order valence-corrected chi connectivity index (χ1v) is 8.26. The molecule has 3 heteroatoms. The molecule has 3 rings (SSSR count). The third kappa shape index (κ3) is 2.99. The fourth-order valence-electron chi connectivity index (χ4n) is 2.91. The Hall–Kier alpha value is -1.32. The molecule has 1 aliphatic rings. The Balaban J connectivity index is 1.93. The van der Waals surface area contributed by atoms with Crippen molar-refractivity contribution in [3.63, 3.8) is 0 Å². The van der Waals surface area contributed by atoms with Crippen molar-refractivity contribution < 1.29 is 4.39 Å². The lowest BCUT2D eigenvalue weighted by Gasteiger charge is -2.16. The van der Waals surface area contributed by atoms with Gasteiger partial charge in [0.25, 0.3) is 0 Å². The zero-order chi connectivity index (χ0) is 14.8. The van der Waals surface area contributed by atoms with Crippen LogP contribution in [0.1, 0.15) is 36.1 Å². The number of aryl methyl sites for hydroxylation is 2. The van der Waals surface area contributed by atoms with Crippen LogP contribution >= 0.6 is 11.8 Å². The summed E-state index contributed by atoms with van der Waals surface area (Å²) in [5, 5.41) is 3.14. The number of nitrogens with one attached hydrogen (secondary N) is 1. The second-order valence-electron chi connectivity index (χ2n) is 5.55. The molecule has 2 aromatic rings. The molecular weight excluding hydrogens is 281 g/mol. The molecule has 0 bridgehead atoms. The van der Waals surface area contributed by atoms with E-state index in [2.05, 4.69) is 23.5 Å². The molecule has 110 valence electrons. The molecule has 0 spiro atoms. The Morgan fingerprint density at radius 3 is 2.76 bits per heavy atom. The smallest absolute Gasteiger partial charge is 0.129 e. The Labute approximate surface area is 130 Å². The Bertz CT molecular complexity index is 654. The van der Waals surface area contributed by atoms with Crippen LogP contribution < -0.4 is 5.32 Å². The summed E-state index contributed by atoms with van der Waals surface area (Å²) in [6.45, 7) is 1.99. The highest BCUT2D eigenvalue weighted by atomic mass is 32.2. The number of fused-ring (bicyclic) bond motifs is 1. The molecule has 0 saturated heterocycles. The van der Waals surface area contributed by atoms with Gasteiger partial charge in [-0.05, 0) is 68.6 Å². The van der Waals surface area contributed by atoms with Crippen LogP contribution in [0.4, 0.5) is 4.39 Å². The second-order valence-corrected chi connectivity index (χ2v) is 6.66. The molecule has 0 fully saturated rings. The molecule has 0 aromatic heterocycles. The molecule has 0 heterocycles. The van der Waals surface area contributed by atoms with E-state index in [-0.39, 0.29) is 11.9 Å². The van der Waals surface area contributed by atoms with E-state index in [1.165, 1.54) is 41.4 Å². The number of hydrogen-bond donors (Lipinski definition) is 1. The number of benzene rings is 2. The zero-order valence-corrected chi connectivity index (χ0v) is 13.3. The Morgan fingerprint density at radius 1 is 1.14 bits per heavy atom. The van der Waals surface area contributed by atoms with E-state index in [0.717, 1.165) is 10.5 Å². The molecule has 0 saturated carbocycles. The predicted molar refractivity (Wildman–Crippen MR) is 86.5 cm³/mol. The standard InChI is InChI=1S/C18H20FNS/c1-12(20-2)18-16(19)7-4-8-17(18)21-15-10-9-13-5-3-6-14(13)11-15/h4,7-12,20H,3,5-6H2,1-2H3. The van der Waals surface area contributed by atoms with Crippen LogP contribution in [-0.4, -0.2) is 7.05 Å². The van der Waals surface area contributed by atoms with Gasteiger partial charge in [-0.25, -0.2) is 4.39 Å². The molecule has 1 N–H and O–H groups in total. The van der Waals surface area contributed by atoms with Gasteiger partial charge in [0.1, 0.15) is 5.82 Å². The van der Waals surface area contributed by atoms with E-state index in [1.807, 2.05) is 20.0 Å². The summed E-state index contributed by atoms with van der Waals surface area (Å²) in [5.41, 5.74) is 3.69. The first-order valence-electron chi connectivity index (χ1n) is 7.44. The van der Waals surface area contributed by atoms with Gasteiger partial charge in [-0.1, -0.05) is 23.9 Å². The summed E-state index contributed by atoms with van der Waals surface area (Å²) < 4.78 is 14.2. The van der Waals surface area contributed by atoms with E-state index >= 15 is 0 Å². The average molecular weight is 301 g/mol. The Morgan fingerprint density at radius 2 is 1.95 bits per heavy atom. The number of halogens is 1.